The van der Waals surface area contributed by atoms with Gasteiger partial charge in [0.15, 0.2) is 0 Å². The Morgan fingerprint density at radius 2 is 1.36 bits per heavy atom. The van der Waals surface area contributed by atoms with Crippen LogP contribution in [0.1, 0.15) is 19.3 Å². The molecule has 2 rings (SSSR count). The Labute approximate surface area is 67.2 Å². The molecule has 0 saturated heterocycles. The fraction of sp³-hybridized carbons (Fsp3) is 1.00. The van der Waals surface area contributed by atoms with Crippen LogP contribution >= 0.6 is 0 Å². The highest BCUT2D eigenvalue weighted by molar-refractivity contribution is 4.95. The zero-order chi connectivity index (χ0) is 7.84. The van der Waals surface area contributed by atoms with Gasteiger partial charge >= 0.3 is 0 Å². The molecule has 2 bridgehead atoms. The second-order valence-electron chi connectivity index (χ2n) is 4.03. The Hall–Kier alpha value is -0.0800. The minimum absolute atomic E-state index is 0.284. The summed E-state index contributed by atoms with van der Waals surface area (Å²) in [6.07, 6.45) is 3.83. The summed E-state index contributed by atoms with van der Waals surface area (Å²) < 4.78 is 0. The number of hydrogen-bond acceptors (Lipinski definition) is 2. The number of aliphatic hydroxyl groups excluding tert-OH is 2. The number of hydrogen-bond donors (Lipinski definition) is 2. The Morgan fingerprint density at radius 3 is 1.73 bits per heavy atom. The molecule has 2 fully saturated rings. The topological polar surface area (TPSA) is 40.5 Å². The van der Waals surface area contributed by atoms with Gasteiger partial charge in [0.2, 0.25) is 0 Å². The zero-order valence-corrected chi connectivity index (χ0v) is 6.74. The summed E-state index contributed by atoms with van der Waals surface area (Å²) in [5, 5.41) is 18.2. The van der Waals surface area contributed by atoms with E-state index in [9.17, 15) is 0 Å². The minimum Gasteiger partial charge on any atom is -0.396 e. The molecule has 0 aromatic heterocycles. The molecule has 0 heterocycles. The quantitative estimate of drug-likeness (QED) is 0.615. The van der Waals surface area contributed by atoms with Crippen molar-refractivity contribution in [1.82, 2.24) is 0 Å². The smallest absolute Gasteiger partial charge is 0.0465 e. The first-order chi connectivity index (χ1) is 5.36. The maximum atomic E-state index is 9.08. The average molecular weight is 156 g/mol. The van der Waals surface area contributed by atoms with Crippen molar-refractivity contribution in [1.29, 1.82) is 0 Å². The highest BCUT2D eigenvalue weighted by atomic mass is 16.3. The van der Waals surface area contributed by atoms with Gasteiger partial charge < -0.3 is 10.2 Å². The molecule has 11 heavy (non-hydrogen) atoms. The molecule has 0 aliphatic heterocycles. The molecule has 2 N–H and O–H groups in total. The van der Waals surface area contributed by atoms with Crippen molar-refractivity contribution in [3.63, 3.8) is 0 Å². The monoisotopic (exact) mass is 156 g/mol. The van der Waals surface area contributed by atoms with E-state index in [4.69, 9.17) is 10.2 Å². The molecular formula is C9H16O2. The Morgan fingerprint density at radius 1 is 0.909 bits per heavy atom. The average Bonchev–Trinajstić information content (AvgIpc) is 2.60. The second-order valence-corrected chi connectivity index (χ2v) is 4.03. The van der Waals surface area contributed by atoms with Crippen molar-refractivity contribution in [3.05, 3.63) is 0 Å². The molecule has 4 atom stereocenters. The van der Waals surface area contributed by atoms with Crippen molar-refractivity contribution in [2.45, 2.75) is 19.3 Å². The molecule has 0 amide bonds. The maximum Gasteiger partial charge on any atom is 0.0465 e. The molecule has 0 unspecified atom stereocenters. The summed E-state index contributed by atoms with van der Waals surface area (Å²) in [5.41, 5.74) is 0. The molecule has 2 heteroatoms. The molecule has 0 aromatic rings. The molecular weight excluding hydrogens is 140 g/mol. The SMILES string of the molecule is OC[C@H]1[C@@H]2CC[C@H](C2)[C@@H]1CO. The third kappa shape index (κ3) is 1.00. The normalized spacial score (nSPS) is 48.5. The van der Waals surface area contributed by atoms with Crippen LogP contribution in [-0.2, 0) is 0 Å². The molecule has 0 radical (unpaired) electrons. The van der Waals surface area contributed by atoms with E-state index in [1.807, 2.05) is 0 Å². The van der Waals surface area contributed by atoms with Gasteiger partial charge in [-0.25, -0.2) is 0 Å². The molecule has 64 valence electrons. The first kappa shape index (κ1) is 7.56. The van der Waals surface area contributed by atoms with Gasteiger partial charge in [-0.05, 0) is 42.9 Å². The number of rotatable bonds is 2. The molecule has 2 aliphatic carbocycles. The summed E-state index contributed by atoms with van der Waals surface area (Å²) in [6, 6.07) is 0. The summed E-state index contributed by atoms with van der Waals surface area (Å²) in [5.74, 6) is 2.28. The molecule has 2 saturated carbocycles. The van der Waals surface area contributed by atoms with Crippen LogP contribution < -0.4 is 0 Å². The van der Waals surface area contributed by atoms with E-state index >= 15 is 0 Å². The lowest BCUT2D eigenvalue weighted by Crippen LogP contribution is -2.27. The van der Waals surface area contributed by atoms with Gasteiger partial charge in [-0.1, -0.05) is 0 Å². The van der Waals surface area contributed by atoms with Gasteiger partial charge in [-0.15, -0.1) is 0 Å². The number of aliphatic hydroxyl groups is 2. The summed E-state index contributed by atoms with van der Waals surface area (Å²) in [6.45, 7) is 0.568. The fourth-order valence-electron chi connectivity index (χ4n) is 3.10. The van der Waals surface area contributed by atoms with Crippen LogP contribution in [0.3, 0.4) is 0 Å². The van der Waals surface area contributed by atoms with Crippen LogP contribution in [0.5, 0.6) is 0 Å². The van der Waals surface area contributed by atoms with Crippen LogP contribution in [0.25, 0.3) is 0 Å². The summed E-state index contributed by atoms with van der Waals surface area (Å²) in [7, 11) is 0. The first-order valence-corrected chi connectivity index (χ1v) is 4.58. The lowest BCUT2D eigenvalue weighted by molar-refractivity contribution is 0.0791. The van der Waals surface area contributed by atoms with Gasteiger partial charge in [0.25, 0.3) is 0 Å². The molecule has 0 aromatic carbocycles. The Bertz CT molecular complexity index is 130. The van der Waals surface area contributed by atoms with Crippen LogP contribution in [-0.4, -0.2) is 23.4 Å². The van der Waals surface area contributed by atoms with Crippen LogP contribution in [0, 0.1) is 23.7 Å². The van der Waals surface area contributed by atoms with E-state index in [1.165, 1.54) is 19.3 Å². The van der Waals surface area contributed by atoms with Crippen LogP contribution in [0.4, 0.5) is 0 Å². The van der Waals surface area contributed by atoms with E-state index < -0.39 is 0 Å². The third-order valence-corrected chi connectivity index (χ3v) is 3.70. The molecule has 2 aliphatic rings. The van der Waals surface area contributed by atoms with E-state index in [0.29, 0.717) is 11.8 Å². The standard InChI is InChI=1S/C9H16O2/c10-4-8-6-1-2-7(3-6)9(8)5-11/h6-11H,1-5H2/t6-,7-,8+,9+/m1/s1. The Balaban J connectivity index is 2.08. The Kier molecular flexibility index (Phi) is 1.90. The lowest BCUT2D eigenvalue weighted by atomic mass is 9.80. The van der Waals surface area contributed by atoms with Crippen molar-refractivity contribution in [2.75, 3.05) is 13.2 Å². The van der Waals surface area contributed by atoms with Crippen molar-refractivity contribution < 1.29 is 10.2 Å². The van der Waals surface area contributed by atoms with Gasteiger partial charge in [-0.3, -0.25) is 0 Å². The maximum absolute atomic E-state index is 9.08. The zero-order valence-electron chi connectivity index (χ0n) is 6.74. The van der Waals surface area contributed by atoms with Gasteiger partial charge in [0.1, 0.15) is 0 Å². The van der Waals surface area contributed by atoms with Crippen molar-refractivity contribution >= 4 is 0 Å². The number of fused-ring (bicyclic) bond motifs is 2. The van der Waals surface area contributed by atoms with E-state index in [2.05, 4.69) is 0 Å². The predicted octanol–water partition coefficient (Wildman–Crippen LogP) is 0.633. The van der Waals surface area contributed by atoms with Gasteiger partial charge in [0.05, 0.1) is 0 Å². The molecule has 2 nitrogen and oxygen atoms in total. The van der Waals surface area contributed by atoms with Crippen molar-refractivity contribution in [3.8, 4) is 0 Å². The summed E-state index contributed by atoms with van der Waals surface area (Å²) >= 11 is 0. The van der Waals surface area contributed by atoms with Crippen molar-refractivity contribution in [2.24, 2.45) is 23.7 Å². The highest BCUT2D eigenvalue weighted by Gasteiger charge is 2.46. The van der Waals surface area contributed by atoms with E-state index in [1.54, 1.807) is 0 Å². The largest absolute Gasteiger partial charge is 0.396 e. The highest BCUT2D eigenvalue weighted by Crippen LogP contribution is 2.51. The van der Waals surface area contributed by atoms with Crippen LogP contribution in [0.15, 0.2) is 0 Å². The van der Waals surface area contributed by atoms with E-state index in [0.717, 1.165) is 11.8 Å². The predicted molar refractivity (Wildman–Crippen MR) is 42.0 cm³/mol. The summed E-state index contributed by atoms with van der Waals surface area (Å²) in [4.78, 5) is 0. The molecule has 0 spiro atoms. The second kappa shape index (κ2) is 2.76. The van der Waals surface area contributed by atoms with Gasteiger partial charge in [0, 0.05) is 13.2 Å². The lowest BCUT2D eigenvalue weighted by Gasteiger charge is -2.27. The first-order valence-electron chi connectivity index (χ1n) is 4.58. The van der Waals surface area contributed by atoms with Crippen LogP contribution in [0.2, 0.25) is 0 Å². The minimum atomic E-state index is 0.284. The van der Waals surface area contributed by atoms with Gasteiger partial charge in [-0.2, -0.15) is 0 Å². The van der Waals surface area contributed by atoms with E-state index in [-0.39, 0.29) is 13.2 Å². The fourth-order valence-corrected chi connectivity index (χ4v) is 3.10. The third-order valence-electron chi connectivity index (χ3n) is 3.70.